The first-order valence-electron chi connectivity index (χ1n) is 10.5. The zero-order chi connectivity index (χ0) is 22.7. The van der Waals surface area contributed by atoms with Gasteiger partial charge in [0, 0.05) is 36.4 Å². The van der Waals surface area contributed by atoms with E-state index in [9.17, 15) is 4.79 Å². The first kappa shape index (κ1) is 22.8. The van der Waals surface area contributed by atoms with Crippen LogP contribution < -0.4 is 10.5 Å². The van der Waals surface area contributed by atoms with Gasteiger partial charge in [-0.05, 0) is 30.9 Å². The van der Waals surface area contributed by atoms with Crippen LogP contribution in [-0.2, 0) is 4.79 Å². The molecule has 1 fully saturated rings. The molecule has 0 spiro atoms. The van der Waals surface area contributed by atoms with Gasteiger partial charge in [-0.25, -0.2) is 4.98 Å². The number of piperidine rings is 1. The highest BCUT2D eigenvalue weighted by atomic mass is 33.1. The van der Waals surface area contributed by atoms with Gasteiger partial charge in [0.2, 0.25) is 4.88 Å². The second kappa shape index (κ2) is 10.1. The van der Waals surface area contributed by atoms with Crippen LogP contribution >= 0.6 is 31.6 Å². The number of ether oxygens (including phenoxy) is 1. The van der Waals surface area contributed by atoms with Gasteiger partial charge in [0.25, 0.3) is 5.91 Å². The fourth-order valence-electron chi connectivity index (χ4n) is 3.63. The molecule has 168 valence electrons. The molecule has 6 nitrogen and oxygen atoms in total. The molecule has 1 saturated heterocycles. The van der Waals surface area contributed by atoms with Gasteiger partial charge in [-0.2, -0.15) is 0 Å². The van der Waals surface area contributed by atoms with Crippen molar-refractivity contribution >= 4 is 43.4 Å². The Kier molecular flexibility index (Phi) is 7.17. The van der Waals surface area contributed by atoms with Crippen LogP contribution in [-0.4, -0.2) is 47.6 Å². The number of thiophene rings is 1. The second-order valence-electron chi connectivity index (χ2n) is 7.88. The highest BCUT2D eigenvalue weighted by Crippen LogP contribution is 2.42. The molecule has 0 saturated carbocycles. The van der Waals surface area contributed by atoms with Crippen molar-refractivity contribution < 1.29 is 9.53 Å². The van der Waals surface area contributed by atoms with Crippen molar-refractivity contribution in [3.8, 4) is 27.6 Å². The topological polar surface area (TPSA) is 92.3 Å². The van der Waals surface area contributed by atoms with Crippen LogP contribution in [0.15, 0.2) is 41.1 Å². The summed E-state index contributed by atoms with van der Waals surface area (Å²) >= 11 is 1.57. The summed E-state index contributed by atoms with van der Waals surface area (Å²) in [7, 11) is 1.48. The molecular weight excluding hydrogens is 460 g/mol. The van der Waals surface area contributed by atoms with E-state index in [2.05, 4.69) is 12.3 Å². The van der Waals surface area contributed by atoms with Crippen molar-refractivity contribution in [2.24, 2.45) is 11.7 Å². The van der Waals surface area contributed by atoms with E-state index in [1.807, 2.05) is 46.9 Å². The van der Waals surface area contributed by atoms with E-state index in [1.54, 1.807) is 22.1 Å². The van der Waals surface area contributed by atoms with Crippen molar-refractivity contribution in [3.63, 3.8) is 0 Å². The van der Waals surface area contributed by atoms with E-state index >= 15 is 0 Å². The van der Waals surface area contributed by atoms with Crippen LogP contribution in [0.3, 0.4) is 0 Å². The number of nitrogens with zero attached hydrogens (tertiary/aromatic N) is 2. The Hall–Kier alpha value is -2.36. The van der Waals surface area contributed by atoms with E-state index in [0.29, 0.717) is 11.7 Å². The minimum atomic E-state index is -0.206. The molecule has 32 heavy (non-hydrogen) atoms. The highest BCUT2D eigenvalue weighted by molar-refractivity contribution is 8.45. The standard InChI is InChI=1S/C23H27N4O2S3/c1-15-6-8-27(9-7-15)21(28)12-29-18-5-3-4-16(10-18)19-13-31-23(26-19)17-11-20(22(24)25)32(14-17)30-2/h3-5,10-11,13-15H,6-9,12H2,1-2H3,(H3,24,25)/q+1. The molecule has 2 aromatic heterocycles. The Morgan fingerprint density at radius 1 is 1.34 bits per heavy atom. The van der Waals surface area contributed by atoms with E-state index in [0.717, 1.165) is 52.6 Å². The molecule has 1 aromatic carbocycles. The van der Waals surface area contributed by atoms with Gasteiger partial charge in [-0.1, -0.05) is 19.1 Å². The number of rotatable bonds is 7. The number of carbonyl (C=O) groups excluding carboxylic acids is 1. The number of hydrogen-bond donors (Lipinski definition) is 2. The predicted molar refractivity (Wildman–Crippen MR) is 136 cm³/mol. The van der Waals surface area contributed by atoms with E-state index in [-0.39, 0.29) is 27.9 Å². The number of nitrogen functional groups attached to an aromatic ring is 1. The lowest BCUT2D eigenvalue weighted by molar-refractivity contribution is -0.134. The van der Waals surface area contributed by atoms with Crippen molar-refractivity contribution in [1.82, 2.24) is 9.88 Å². The summed E-state index contributed by atoms with van der Waals surface area (Å²) in [6, 6.07) is 9.68. The number of benzene rings is 1. The molecule has 1 aliphatic heterocycles. The highest BCUT2D eigenvalue weighted by Gasteiger charge is 2.23. The normalized spacial score (nSPS) is 15.1. The zero-order valence-corrected chi connectivity index (χ0v) is 20.6. The van der Waals surface area contributed by atoms with Gasteiger partial charge in [0.15, 0.2) is 17.8 Å². The third-order valence-electron chi connectivity index (χ3n) is 5.56. The molecule has 0 aliphatic carbocycles. The Morgan fingerprint density at radius 2 is 2.12 bits per heavy atom. The van der Waals surface area contributed by atoms with Crippen LogP contribution in [0.5, 0.6) is 5.75 Å². The fourth-order valence-corrected chi connectivity index (χ4v) is 7.34. The van der Waals surface area contributed by atoms with Crippen molar-refractivity contribution in [2.75, 3.05) is 26.0 Å². The summed E-state index contributed by atoms with van der Waals surface area (Å²) < 4.78 is 5.81. The largest absolute Gasteiger partial charge is 0.484 e. The second-order valence-corrected chi connectivity index (χ2v) is 12.4. The molecule has 0 bridgehead atoms. The Balaban J connectivity index is 1.44. The minimum Gasteiger partial charge on any atom is -0.484 e. The quantitative estimate of drug-likeness (QED) is 0.205. The van der Waals surface area contributed by atoms with Crippen LogP contribution in [0.2, 0.25) is 0 Å². The summed E-state index contributed by atoms with van der Waals surface area (Å²) in [6.45, 7) is 3.93. The van der Waals surface area contributed by atoms with Crippen molar-refractivity contribution in [1.29, 1.82) is 5.41 Å². The van der Waals surface area contributed by atoms with Crippen LogP contribution in [0, 0.1) is 11.3 Å². The van der Waals surface area contributed by atoms with E-state index < -0.39 is 0 Å². The molecule has 1 aliphatic rings. The monoisotopic (exact) mass is 487 g/mol. The Morgan fingerprint density at radius 3 is 2.81 bits per heavy atom. The summed E-state index contributed by atoms with van der Waals surface area (Å²) in [4.78, 5) is 20.0. The summed E-state index contributed by atoms with van der Waals surface area (Å²) in [6.07, 6.45) is 4.14. The maximum Gasteiger partial charge on any atom is 0.260 e. The van der Waals surface area contributed by atoms with Crippen molar-refractivity contribution in [3.05, 3.63) is 46.0 Å². The lowest BCUT2D eigenvalue weighted by Gasteiger charge is -2.30. The third kappa shape index (κ3) is 5.16. The number of hydrogen-bond acceptors (Lipinski definition) is 6. The maximum absolute atomic E-state index is 12.5. The number of amidine groups is 1. The van der Waals surface area contributed by atoms with Gasteiger partial charge >= 0.3 is 0 Å². The van der Waals surface area contributed by atoms with Crippen LogP contribution in [0.1, 0.15) is 24.6 Å². The lowest BCUT2D eigenvalue weighted by Crippen LogP contribution is -2.40. The summed E-state index contributed by atoms with van der Waals surface area (Å²) in [5.74, 6) is 1.52. The maximum atomic E-state index is 12.5. The molecule has 3 heterocycles. The smallest absolute Gasteiger partial charge is 0.260 e. The SMILES string of the molecule is CS[s+]1cc(-c2nc(-c3cccc(OCC(=O)N4CCC(C)CC4)c3)cs2)cc1C(=N)N. The van der Waals surface area contributed by atoms with Gasteiger partial charge in [0.05, 0.1) is 20.8 Å². The molecule has 1 amide bonds. The first-order chi connectivity index (χ1) is 15.4. The molecule has 1 atom stereocenters. The molecule has 1 unspecified atom stereocenters. The average Bonchev–Trinajstić information content (AvgIpc) is 3.45. The van der Waals surface area contributed by atoms with Gasteiger partial charge in [-0.15, -0.1) is 11.3 Å². The zero-order valence-electron chi connectivity index (χ0n) is 18.2. The average molecular weight is 488 g/mol. The Bertz CT molecular complexity index is 1120. The number of carbonyl (C=O) groups is 1. The molecule has 9 heteroatoms. The van der Waals surface area contributed by atoms with Crippen molar-refractivity contribution in [2.45, 2.75) is 19.8 Å². The molecule has 3 aromatic rings. The van der Waals surface area contributed by atoms with Gasteiger partial charge in [0.1, 0.15) is 21.6 Å². The predicted octanol–water partition coefficient (Wildman–Crippen LogP) is 5.27. The van der Waals surface area contributed by atoms with Gasteiger partial charge in [-0.3, -0.25) is 10.2 Å². The van der Waals surface area contributed by atoms with Gasteiger partial charge < -0.3 is 15.4 Å². The van der Waals surface area contributed by atoms with E-state index in [4.69, 9.17) is 20.9 Å². The molecule has 0 radical (unpaired) electrons. The summed E-state index contributed by atoms with van der Waals surface area (Å²) in [5, 5.41) is 12.9. The lowest BCUT2D eigenvalue weighted by atomic mass is 9.99. The number of nitrogens with two attached hydrogens (primary N) is 1. The number of thiazole rings is 1. The number of aromatic nitrogens is 1. The summed E-state index contributed by atoms with van der Waals surface area (Å²) in [5.41, 5.74) is 8.56. The molecular formula is C23H27N4O2S3+. The number of amides is 1. The number of nitrogens with one attached hydrogen (secondary N) is 1. The Labute approximate surface area is 198 Å². The first-order valence-corrected chi connectivity index (χ1v) is 14.4. The van der Waals surface area contributed by atoms with Crippen LogP contribution in [0.4, 0.5) is 0 Å². The molecule has 3 N–H and O–H groups in total. The fraction of sp³-hybridized carbons (Fsp3) is 0.348. The van der Waals surface area contributed by atoms with Crippen LogP contribution in [0.25, 0.3) is 21.8 Å². The third-order valence-corrected chi connectivity index (χ3v) is 9.96. The molecule has 4 rings (SSSR count). The number of likely N-dealkylation sites (tertiary alicyclic amines) is 1. The van der Waals surface area contributed by atoms with E-state index in [1.165, 1.54) is 0 Å². The minimum absolute atomic E-state index is 0.0451.